The van der Waals surface area contributed by atoms with Crippen molar-refractivity contribution in [3.05, 3.63) is 58.3 Å². The molecule has 3 N–H and O–H groups in total. The third kappa shape index (κ3) is 3.16. The number of methoxy groups -OCH3 is 2. The second-order valence-electron chi connectivity index (χ2n) is 7.51. The molecule has 9 heteroatoms. The Morgan fingerprint density at radius 2 is 1.64 bits per heavy atom. The molecule has 0 amide bonds. The molecule has 2 heterocycles. The largest absolute Gasteiger partial charge is 0.504 e. The minimum Gasteiger partial charge on any atom is -0.504 e. The quantitative estimate of drug-likeness (QED) is 0.400. The van der Waals surface area contributed by atoms with Crippen molar-refractivity contribution in [1.82, 2.24) is 0 Å². The van der Waals surface area contributed by atoms with Gasteiger partial charge in [0.05, 0.1) is 31.6 Å². The summed E-state index contributed by atoms with van der Waals surface area (Å²) in [5.74, 6) is -0.267. The van der Waals surface area contributed by atoms with Crippen LogP contribution < -0.4 is 24.4 Å². The van der Waals surface area contributed by atoms with Gasteiger partial charge in [-0.1, -0.05) is 12.1 Å². The number of phenols is 2. The standard InChI is InChI=1S/C24H20O9/c1-29-16-7-11(8-17(30-2)20(16)28)21-18(10-25)32-24-22-13(9-14(26)23(24)33-21)19(27)12-5-3-4-6-15(12)31-22/h3-9,18,21,25-26,28H,10H2,1-2H3. The van der Waals surface area contributed by atoms with E-state index in [1.54, 1.807) is 24.3 Å². The molecule has 4 aromatic rings. The molecule has 33 heavy (non-hydrogen) atoms. The summed E-state index contributed by atoms with van der Waals surface area (Å²) >= 11 is 0. The Bertz CT molecular complexity index is 1410. The number of hydrogen-bond acceptors (Lipinski definition) is 9. The zero-order chi connectivity index (χ0) is 23.3. The van der Waals surface area contributed by atoms with E-state index in [1.807, 2.05) is 0 Å². The summed E-state index contributed by atoms with van der Waals surface area (Å²) in [5, 5.41) is 31.4. The Morgan fingerprint density at radius 1 is 0.939 bits per heavy atom. The number of hydrogen-bond donors (Lipinski definition) is 3. The van der Waals surface area contributed by atoms with Gasteiger partial charge in [0.2, 0.25) is 22.7 Å². The van der Waals surface area contributed by atoms with Gasteiger partial charge in [-0.15, -0.1) is 0 Å². The van der Waals surface area contributed by atoms with Crippen LogP contribution in [-0.2, 0) is 0 Å². The number of rotatable bonds is 4. The summed E-state index contributed by atoms with van der Waals surface area (Å²) in [6.45, 7) is -0.454. The van der Waals surface area contributed by atoms with Crippen LogP contribution in [0.3, 0.4) is 0 Å². The van der Waals surface area contributed by atoms with Gasteiger partial charge >= 0.3 is 0 Å². The Balaban J connectivity index is 1.70. The highest BCUT2D eigenvalue weighted by molar-refractivity contribution is 5.95. The predicted octanol–water partition coefficient (Wildman–Crippen LogP) is 3.25. The number of para-hydroxylation sites is 1. The van der Waals surface area contributed by atoms with Crippen LogP contribution in [0, 0.1) is 0 Å². The first-order valence-corrected chi connectivity index (χ1v) is 10.1. The zero-order valence-corrected chi connectivity index (χ0v) is 17.7. The second-order valence-corrected chi connectivity index (χ2v) is 7.51. The topological polar surface area (TPSA) is 128 Å². The molecule has 0 saturated heterocycles. The highest BCUT2D eigenvalue weighted by Crippen LogP contribution is 2.50. The fourth-order valence-corrected chi connectivity index (χ4v) is 4.01. The molecule has 9 nitrogen and oxygen atoms in total. The van der Waals surface area contributed by atoms with Gasteiger partial charge in [-0.2, -0.15) is 0 Å². The molecule has 0 aliphatic carbocycles. The Kier molecular flexibility index (Phi) is 4.90. The van der Waals surface area contributed by atoms with E-state index >= 15 is 0 Å². The maximum absolute atomic E-state index is 13.0. The van der Waals surface area contributed by atoms with Crippen molar-refractivity contribution in [2.45, 2.75) is 12.2 Å². The lowest BCUT2D eigenvalue weighted by Crippen LogP contribution is -2.36. The molecule has 2 atom stereocenters. The minimum atomic E-state index is -0.932. The van der Waals surface area contributed by atoms with E-state index in [9.17, 15) is 20.1 Å². The van der Waals surface area contributed by atoms with Crippen LogP contribution in [0.15, 0.2) is 51.7 Å². The number of phenolic OH excluding ortho intramolecular Hbond substituents is 2. The van der Waals surface area contributed by atoms with E-state index in [2.05, 4.69) is 0 Å². The van der Waals surface area contributed by atoms with Gasteiger partial charge in [-0.3, -0.25) is 4.79 Å². The average Bonchev–Trinajstić information content (AvgIpc) is 2.84. The van der Waals surface area contributed by atoms with E-state index in [4.69, 9.17) is 23.4 Å². The normalized spacial score (nSPS) is 17.3. The predicted molar refractivity (Wildman–Crippen MR) is 118 cm³/mol. The first-order valence-electron chi connectivity index (χ1n) is 10.1. The van der Waals surface area contributed by atoms with Crippen LogP contribution in [0.5, 0.6) is 34.5 Å². The van der Waals surface area contributed by atoms with Crippen molar-refractivity contribution in [3.8, 4) is 34.5 Å². The molecule has 1 aromatic heterocycles. The number of aliphatic hydroxyl groups excluding tert-OH is 1. The summed E-state index contributed by atoms with van der Waals surface area (Å²) in [7, 11) is 2.78. The van der Waals surface area contributed by atoms with Crippen molar-refractivity contribution < 1.29 is 38.7 Å². The first kappa shape index (κ1) is 20.8. The van der Waals surface area contributed by atoms with Crippen molar-refractivity contribution in [1.29, 1.82) is 0 Å². The number of aromatic hydroxyl groups is 2. The summed E-state index contributed by atoms with van der Waals surface area (Å²) in [6.07, 6.45) is -1.83. The number of benzene rings is 3. The van der Waals surface area contributed by atoms with E-state index in [1.165, 1.54) is 32.4 Å². The molecule has 170 valence electrons. The lowest BCUT2D eigenvalue weighted by Gasteiger charge is -2.34. The Morgan fingerprint density at radius 3 is 2.30 bits per heavy atom. The van der Waals surface area contributed by atoms with Crippen molar-refractivity contribution in [2.24, 2.45) is 0 Å². The van der Waals surface area contributed by atoms with Crippen molar-refractivity contribution in [2.75, 3.05) is 20.8 Å². The molecule has 0 fully saturated rings. The number of ether oxygens (including phenoxy) is 4. The van der Waals surface area contributed by atoms with Gasteiger partial charge in [-0.05, 0) is 30.3 Å². The van der Waals surface area contributed by atoms with Gasteiger partial charge in [0.15, 0.2) is 35.0 Å². The summed E-state index contributed by atoms with van der Waals surface area (Å²) in [4.78, 5) is 13.0. The molecule has 0 radical (unpaired) electrons. The van der Waals surface area contributed by atoms with E-state index < -0.39 is 18.8 Å². The lowest BCUT2D eigenvalue weighted by molar-refractivity contribution is -0.0135. The molecular weight excluding hydrogens is 432 g/mol. The maximum atomic E-state index is 13.0. The number of fused-ring (bicyclic) bond motifs is 4. The molecule has 0 saturated carbocycles. The van der Waals surface area contributed by atoms with Gasteiger partial charge < -0.3 is 38.7 Å². The summed E-state index contributed by atoms with van der Waals surface area (Å²) in [5.41, 5.74) is 0.585. The fraction of sp³-hybridized carbons (Fsp3) is 0.208. The van der Waals surface area contributed by atoms with Gasteiger partial charge in [0, 0.05) is 5.56 Å². The Labute approximate surface area is 186 Å². The Hall–Kier alpha value is -4.11. The second kappa shape index (κ2) is 7.79. The highest BCUT2D eigenvalue weighted by Gasteiger charge is 2.37. The monoisotopic (exact) mass is 452 g/mol. The van der Waals surface area contributed by atoms with Crippen LogP contribution in [-0.4, -0.2) is 42.3 Å². The fourth-order valence-electron chi connectivity index (χ4n) is 4.01. The van der Waals surface area contributed by atoms with Crippen LogP contribution in [0.2, 0.25) is 0 Å². The van der Waals surface area contributed by atoms with Crippen LogP contribution in [0.4, 0.5) is 0 Å². The van der Waals surface area contributed by atoms with Crippen LogP contribution in [0.25, 0.3) is 21.9 Å². The van der Waals surface area contributed by atoms with E-state index in [0.717, 1.165) is 0 Å². The van der Waals surface area contributed by atoms with Gasteiger partial charge in [-0.25, -0.2) is 0 Å². The van der Waals surface area contributed by atoms with E-state index in [0.29, 0.717) is 16.5 Å². The lowest BCUT2D eigenvalue weighted by atomic mass is 10.0. The average molecular weight is 452 g/mol. The molecule has 1 aliphatic heterocycles. The molecule has 3 aromatic carbocycles. The molecule has 1 aliphatic rings. The maximum Gasteiger partial charge on any atom is 0.209 e. The smallest absolute Gasteiger partial charge is 0.209 e. The van der Waals surface area contributed by atoms with Gasteiger partial charge in [0.25, 0.3) is 0 Å². The third-order valence-corrected chi connectivity index (χ3v) is 5.62. The first-order chi connectivity index (χ1) is 16.0. The third-order valence-electron chi connectivity index (χ3n) is 5.62. The van der Waals surface area contributed by atoms with Crippen LogP contribution >= 0.6 is 0 Å². The molecule has 2 unspecified atom stereocenters. The molecular formula is C24H20O9. The molecule has 5 rings (SSSR count). The number of aliphatic hydroxyl groups is 1. The van der Waals surface area contributed by atoms with E-state index in [-0.39, 0.29) is 50.9 Å². The summed E-state index contributed by atoms with van der Waals surface area (Å²) < 4.78 is 28.4. The highest BCUT2D eigenvalue weighted by atomic mass is 16.6. The molecule has 0 bridgehead atoms. The van der Waals surface area contributed by atoms with Crippen molar-refractivity contribution in [3.63, 3.8) is 0 Å². The van der Waals surface area contributed by atoms with Gasteiger partial charge in [0.1, 0.15) is 5.58 Å². The zero-order valence-electron chi connectivity index (χ0n) is 17.7. The molecule has 0 spiro atoms. The summed E-state index contributed by atoms with van der Waals surface area (Å²) in [6, 6.07) is 11.0. The minimum absolute atomic E-state index is 0.0147. The SMILES string of the molecule is COc1cc(C2Oc3c(O)cc4c(=O)c5ccccc5oc4c3OC2CO)cc(OC)c1O. The van der Waals surface area contributed by atoms with Crippen LogP contribution in [0.1, 0.15) is 11.7 Å². The van der Waals surface area contributed by atoms with Crippen molar-refractivity contribution >= 4 is 21.9 Å².